The van der Waals surface area contributed by atoms with Crippen molar-refractivity contribution < 1.29 is 0 Å². The fraction of sp³-hybridized carbons (Fsp3) is 0.167. The van der Waals surface area contributed by atoms with Gasteiger partial charge in [0.15, 0.2) is 5.16 Å². The van der Waals surface area contributed by atoms with Crippen molar-refractivity contribution in [1.82, 2.24) is 9.55 Å². The lowest BCUT2D eigenvalue weighted by Gasteiger charge is -2.19. The molecule has 1 aromatic heterocycles. The molecular formula is C18H15N3OS. The van der Waals surface area contributed by atoms with Gasteiger partial charge in [-0.25, -0.2) is 4.98 Å². The van der Waals surface area contributed by atoms with E-state index in [9.17, 15) is 4.79 Å². The third kappa shape index (κ3) is 2.99. The highest BCUT2D eigenvalue weighted by atomic mass is 32.2. The number of rotatable bonds is 4. The van der Waals surface area contributed by atoms with Gasteiger partial charge >= 0.3 is 0 Å². The van der Waals surface area contributed by atoms with E-state index in [0.29, 0.717) is 16.1 Å². The second-order valence-corrected chi connectivity index (χ2v) is 6.06. The first-order valence-corrected chi connectivity index (χ1v) is 8.27. The number of thioether (sulfide) groups is 1. The number of hydrogen-bond acceptors (Lipinski definition) is 4. The van der Waals surface area contributed by atoms with Gasteiger partial charge in [-0.3, -0.25) is 9.36 Å². The Labute approximate surface area is 138 Å². The largest absolute Gasteiger partial charge is 0.280 e. The Balaban J connectivity index is 2.22. The molecule has 0 aliphatic heterocycles. The molecule has 2 aromatic carbocycles. The van der Waals surface area contributed by atoms with Crippen molar-refractivity contribution in [3.63, 3.8) is 0 Å². The third-order valence-corrected chi connectivity index (χ3v) is 4.53. The van der Waals surface area contributed by atoms with Crippen LogP contribution in [0.4, 0.5) is 0 Å². The first-order chi connectivity index (χ1) is 11.2. The van der Waals surface area contributed by atoms with Crippen molar-refractivity contribution in [2.24, 2.45) is 0 Å². The van der Waals surface area contributed by atoms with Gasteiger partial charge in [0.05, 0.1) is 28.8 Å². The van der Waals surface area contributed by atoms with Gasteiger partial charge < -0.3 is 0 Å². The van der Waals surface area contributed by atoms with Gasteiger partial charge in [-0.15, -0.1) is 0 Å². The topological polar surface area (TPSA) is 58.7 Å². The molecule has 0 unspecified atom stereocenters. The van der Waals surface area contributed by atoms with Crippen LogP contribution in [-0.2, 0) is 0 Å². The molecule has 23 heavy (non-hydrogen) atoms. The molecule has 114 valence electrons. The summed E-state index contributed by atoms with van der Waals surface area (Å²) in [5, 5.41) is 10.0. The average molecular weight is 321 g/mol. The molecule has 0 spiro atoms. The van der Waals surface area contributed by atoms with Crippen molar-refractivity contribution in [2.45, 2.75) is 18.1 Å². The summed E-state index contributed by atoms with van der Waals surface area (Å²) in [6.07, 6.45) is 0. The van der Waals surface area contributed by atoms with E-state index >= 15 is 0 Å². The number of aromatic nitrogens is 2. The number of nitriles is 1. The zero-order valence-corrected chi connectivity index (χ0v) is 13.5. The van der Waals surface area contributed by atoms with Gasteiger partial charge in [-0.2, -0.15) is 5.26 Å². The SMILES string of the molecule is C[C@H](c1ccccc1)n1c(SCC#N)nc2ccccc2c1=O. The molecule has 1 atom stereocenters. The first-order valence-electron chi connectivity index (χ1n) is 7.28. The number of para-hydroxylation sites is 1. The lowest BCUT2D eigenvalue weighted by molar-refractivity contribution is 0.549. The number of benzene rings is 2. The Bertz CT molecular complexity index is 928. The lowest BCUT2D eigenvalue weighted by atomic mass is 10.1. The normalized spacial score (nSPS) is 12.0. The van der Waals surface area contributed by atoms with Crippen LogP contribution in [0.1, 0.15) is 18.5 Å². The van der Waals surface area contributed by atoms with E-state index in [1.165, 1.54) is 11.8 Å². The maximum atomic E-state index is 13.0. The summed E-state index contributed by atoms with van der Waals surface area (Å²) < 4.78 is 1.68. The molecule has 0 fully saturated rings. The third-order valence-electron chi connectivity index (χ3n) is 3.71. The van der Waals surface area contributed by atoms with E-state index in [4.69, 9.17) is 5.26 Å². The van der Waals surface area contributed by atoms with E-state index in [-0.39, 0.29) is 17.4 Å². The number of hydrogen-bond donors (Lipinski definition) is 0. The minimum Gasteiger partial charge on any atom is -0.280 e. The quantitative estimate of drug-likeness (QED) is 0.544. The van der Waals surface area contributed by atoms with Crippen molar-refractivity contribution >= 4 is 22.7 Å². The maximum absolute atomic E-state index is 13.0. The molecule has 0 aliphatic carbocycles. The summed E-state index contributed by atoms with van der Waals surface area (Å²) in [6.45, 7) is 1.98. The van der Waals surface area contributed by atoms with Gasteiger partial charge in [-0.05, 0) is 24.6 Å². The molecule has 4 nitrogen and oxygen atoms in total. The molecule has 0 radical (unpaired) electrons. The fourth-order valence-corrected chi connectivity index (χ4v) is 3.28. The Kier molecular flexibility index (Phi) is 4.45. The molecule has 0 amide bonds. The highest BCUT2D eigenvalue weighted by molar-refractivity contribution is 7.99. The Morgan fingerprint density at radius 1 is 1.17 bits per heavy atom. The van der Waals surface area contributed by atoms with Gasteiger partial charge in [-0.1, -0.05) is 54.2 Å². The second-order valence-electron chi connectivity index (χ2n) is 5.12. The molecule has 0 N–H and O–H groups in total. The summed E-state index contributed by atoms with van der Waals surface area (Å²) in [5.41, 5.74) is 1.62. The predicted molar refractivity (Wildman–Crippen MR) is 92.6 cm³/mol. The van der Waals surface area contributed by atoms with E-state index in [1.807, 2.05) is 55.5 Å². The van der Waals surface area contributed by atoms with Crippen LogP contribution in [-0.4, -0.2) is 15.3 Å². The number of nitrogens with zero attached hydrogens (tertiary/aromatic N) is 3. The van der Waals surface area contributed by atoms with Crippen LogP contribution in [0.3, 0.4) is 0 Å². The predicted octanol–water partition coefficient (Wildman–Crippen LogP) is 3.62. The Morgan fingerprint density at radius 3 is 2.61 bits per heavy atom. The highest BCUT2D eigenvalue weighted by Gasteiger charge is 2.17. The zero-order valence-electron chi connectivity index (χ0n) is 12.6. The van der Waals surface area contributed by atoms with Crippen LogP contribution in [0.2, 0.25) is 0 Å². The molecule has 3 rings (SSSR count). The summed E-state index contributed by atoms with van der Waals surface area (Å²) in [6, 6.07) is 19.1. The van der Waals surface area contributed by atoms with Crippen LogP contribution < -0.4 is 5.56 Å². The summed E-state index contributed by atoms with van der Waals surface area (Å²) in [5.74, 6) is 0.256. The molecule has 0 saturated heterocycles. The van der Waals surface area contributed by atoms with Crippen molar-refractivity contribution in [2.75, 3.05) is 5.75 Å². The van der Waals surface area contributed by atoms with Crippen LogP contribution in [0.25, 0.3) is 10.9 Å². The summed E-state index contributed by atoms with van der Waals surface area (Å²) >= 11 is 1.29. The van der Waals surface area contributed by atoms with Crippen LogP contribution in [0, 0.1) is 11.3 Å². The molecule has 0 aliphatic rings. The van der Waals surface area contributed by atoms with Crippen LogP contribution in [0.15, 0.2) is 64.5 Å². The van der Waals surface area contributed by atoms with Crippen LogP contribution in [0.5, 0.6) is 0 Å². The first kappa shape index (κ1) is 15.3. The Morgan fingerprint density at radius 2 is 1.87 bits per heavy atom. The number of fused-ring (bicyclic) bond motifs is 1. The molecule has 0 saturated carbocycles. The second kappa shape index (κ2) is 6.67. The average Bonchev–Trinajstić information content (AvgIpc) is 2.60. The lowest BCUT2D eigenvalue weighted by Crippen LogP contribution is -2.27. The van der Waals surface area contributed by atoms with Crippen molar-refractivity contribution in [3.05, 3.63) is 70.5 Å². The Hall–Kier alpha value is -2.58. The maximum Gasteiger partial charge on any atom is 0.262 e. The van der Waals surface area contributed by atoms with Gasteiger partial charge in [0.1, 0.15) is 0 Å². The van der Waals surface area contributed by atoms with Crippen molar-refractivity contribution in [3.8, 4) is 6.07 Å². The minimum absolute atomic E-state index is 0.0765. The van der Waals surface area contributed by atoms with E-state index in [1.54, 1.807) is 10.6 Å². The molecule has 0 bridgehead atoms. The molecule has 5 heteroatoms. The molecule has 1 heterocycles. The van der Waals surface area contributed by atoms with Gasteiger partial charge in [0, 0.05) is 0 Å². The van der Waals surface area contributed by atoms with Crippen LogP contribution >= 0.6 is 11.8 Å². The summed E-state index contributed by atoms with van der Waals surface area (Å²) in [4.78, 5) is 17.5. The van der Waals surface area contributed by atoms with Gasteiger partial charge in [0.2, 0.25) is 0 Å². The van der Waals surface area contributed by atoms with E-state index in [2.05, 4.69) is 11.1 Å². The van der Waals surface area contributed by atoms with Crippen molar-refractivity contribution in [1.29, 1.82) is 5.26 Å². The summed E-state index contributed by atoms with van der Waals surface area (Å²) in [7, 11) is 0. The fourth-order valence-electron chi connectivity index (χ4n) is 2.55. The molecular weight excluding hydrogens is 306 g/mol. The van der Waals surface area contributed by atoms with E-state index < -0.39 is 0 Å². The monoisotopic (exact) mass is 321 g/mol. The minimum atomic E-state index is -0.151. The zero-order chi connectivity index (χ0) is 16.2. The van der Waals surface area contributed by atoms with Gasteiger partial charge in [0.25, 0.3) is 5.56 Å². The highest BCUT2D eigenvalue weighted by Crippen LogP contribution is 2.24. The smallest absolute Gasteiger partial charge is 0.262 e. The molecule has 3 aromatic rings. The van der Waals surface area contributed by atoms with E-state index in [0.717, 1.165) is 5.56 Å². The standard InChI is InChI=1S/C18H15N3OS/c1-13(14-7-3-2-4-8-14)21-17(22)15-9-5-6-10-16(15)20-18(21)23-12-11-19/h2-10,13H,12H2,1H3/t13-/m1/s1.